The van der Waals surface area contributed by atoms with Gasteiger partial charge in [-0.25, -0.2) is 17.9 Å². The first kappa shape index (κ1) is 32.5. The van der Waals surface area contributed by atoms with Crippen molar-refractivity contribution < 1.29 is 13.2 Å². The molecular weight excluding hydrogens is 488 g/mol. The largest absolute Gasteiger partial charge is 0.494 e. The highest BCUT2D eigenvalue weighted by molar-refractivity contribution is 7.84. The van der Waals surface area contributed by atoms with Crippen LogP contribution in [0.2, 0.25) is 0 Å². The Kier molecular flexibility index (Phi) is 13.5. The van der Waals surface area contributed by atoms with Crippen molar-refractivity contribution >= 4 is 22.0 Å². The molecule has 204 valence electrons. The van der Waals surface area contributed by atoms with Crippen molar-refractivity contribution in [3.8, 4) is 5.75 Å². The summed E-state index contributed by atoms with van der Waals surface area (Å²) in [5.41, 5.74) is 3.60. The van der Waals surface area contributed by atoms with Crippen molar-refractivity contribution in [2.24, 2.45) is 0 Å². The van der Waals surface area contributed by atoms with Crippen molar-refractivity contribution in [2.45, 2.75) is 104 Å². The lowest BCUT2D eigenvalue weighted by atomic mass is 10.0. The lowest BCUT2D eigenvalue weighted by molar-refractivity contribution is 0.340. The van der Waals surface area contributed by atoms with Gasteiger partial charge in [0.15, 0.2) is 0 Å². The number of aryl methyl sites for hydroxylation is 1. The predicted octanol–water partition coefficient (Wildman–Crippen LogP) is 7.09. The highest BCUT2D eigenvalue weighted by atomic mass is 32.2. The minimum Gasteiger partial charge on any atom is -0.494 e. The second-order valence-corrected chi connectivity index (χ2v) is 14.8. The number of benzene rings is 2. The topological polar surface area (TPSA) is 67.4 Å². The fraction of sp³-hybridized carbons (Fsp3) is 0.586. The summed E-state index contributed by atoms with van der Waals surface area (Å²) in [5, 5.41) is 0. The summed E-state index contributed by atoms with van der Waals surface area (Å²) in [6, 6.07) is 16.7. The molecule has 0 heterocycles. The molecule has 36 heavy (non-hydrogen) atoms. The monoisotopic (exact) mass is 536 g/mol. The second-order valence-electron chi connectivity index (χ2n) is 10.8. The van der Waals surface area contributed by atoms with E-state index < -0.39 is 22.0 Å². The smallest absolute Gasteiger partial charge is 0.119 e. The zero-order valence-electron chi connectivity index (χ0n) is 23.9. The Labute approximate surface area is 225 Å². The van der Waals surface area contributed by atoms with Crippen molar-refractivity contribution in [2.75, 3.05) is 6.61 Å². The average molecular weight is 537 g/mol. The fourth-order valence-electron chi connectivity index (χ4n) is 3.15. The van der Waals surface area contributed by atoms with Crippen LogP contribution in [0.4, 0.5) is 0 Å². The van der Waals surface area contributed by atoms with Gasteiger partial charge in [0.25, 0.3) is 0 Å². The maximum atomic E-state index is 12.2. The first-order valence-electron chi connectivity index (χ1n) is 12.9. The fourth-order valence-corrected chi connectivity index (χ4v) is 4.98. The molecule has 0 amide bonds. The van der Waals surface area contributed by atoms with E-state index in [4.69, 9.17) is 4.74 Å². The van der Waals surface area contributed by atoms with Crippen LogP contribution in [0.5, 0.6) is 5.75 Å². The average Bonchev–Trinajstić information content (AvgIpc) is 2.81. The van der Waals surface area contributed by atoms with Gasteiger partial charge in [0.05, 0.1) is 38.1 Å². The minimum absolute atomic E-state index is 0.107. The van der Waals surface area contributed by atoms with Gasteiger partial charge in [-0.2, -0.15) is 0 Å². The third-order valence-corrected chi connectivity index (χ3v) is 8.72. The van der Waals surface area contributed by atoms with Crippen LogP contribution in [0.3, 0.4) is 0 Å². The van der Waals surface area contributed by atoms with E-state index in [9.17, 15) is 8.42 Å². The number of hydrogen-bond donors (Lipinski definition) is 2. The van der Waals surface area contributed by atoms with Crippen LogP contribution in [-0.4, -0.2) is 24.5 Å². The molecule has 0 aliphatic rings. The number of nitrogens with one attached hydrogen (secondary N) is 2. The quantitative estimate of drug-likeness (QED) is 0.341. The maximum absolute atomic E-state index is 12.2. The van der Waals surface area contributed by atoms with E-state index in [0.29, 0.717) is 6.61 Å². The van der Waals surface area contributed by atoms with Gasteiger partial charge in [-0.3, -0.25) is 0 Å². The van der Waals surface area contributed by atoms with E-state index in [2.05, 4.69) is 54.5 Å². The Bertz CT molecular complexity index is 946. The van der Waals surface area contributed by atoms with Gasteiger partial charge in [-0.05, 0) is 91.5 Å². The van der Waals surface area contributed by atoms with Crippen LogP contribution in [-0.2, 0) is 22.0 Å². The summed E-state index contributed by atoms with van der Waals surface area (Å²) < 4.78 is 35.6. The molecule has 2 rings (SSSR count). The maximum Gasteiger partial charge on any atom is 0.119 e. The first-order valence-corrected chi connectivity index (χ1v) is 15.2. The van der Waals surface area contributed by atoms with Gasteiger partial charge in [-0.15, -0.1) is 0 Å². The summed E-state index contributed by atoms with van der Waals surface area (Å²) in [7, 11) is -2.08. The molecule has 0 aromatic heterocycles. The lowest BCUT2D eigenvalue weighted by Crippen LogP contribution is -2.35. The van der Waals surface area contributed by atoms with Gasteiger partial charge >= 0.3 is 0 Å². The van der Waals surface area contributed by atoms with E-state index in [1.807, 2.05) is 72.7 Å². The molecule has 7 heteroatoms. The molecule has 0 radical (unpaired) electrons. The molecule has 5 nitrogen and oxygen atoms in total. The molecule has 0 aliphatic heterocycles. The van der Waals surface area contributed by atoms with Crippen molar-refractivity contribution in [3.05, 3.63) is 65.2 Å². The summed E-state index contributed by atoms with van der Waals surface area (Å²) in [6.07, 6.45) is 1.83. The molecule has 0 bridgehead atoms. The van der Waals surface area contributed by atoms with Crippen LogP contribution in [0, 0.1) is 6.92 Å². The second kappa shape index (κ2) is 15.0. The third-order valence-electron chi connectivity index (χ3n) is 5.50. The molecule has 4 atom stereocenters. The number of hydrogen-bond acceptors (Lipinski definition) is 3. The Morgan fingerprint density at radius 1 is 0.694 bits per heavy atom. The van der Waals surface area contributed by atoms with Crippen LogP contribution in [0.15, 0.2) is 48.5 Å². The molecule has 2 aromatic carbocycles. The first-order chi connectivity index (χ1) is 16.7. The van der Waals surface area contributed by atoms with Crippen LogP contribution < -0.4 is 14.2 Å². The van der Waals surface area contributed by atoms with Gasteiger partial charge in [0.2, 0.25) is 0 Å². The third kappa shape index (κ3) is 11.2. The Morgan fingerprint density at radius 3 is 1.36 bits per heavy atom. The molecule has 0 saturated heterocycles. The summed E-state index contributed by atoms with van der Waals surface area (Å²) in [5.74, 6) is 0.873. The normalized spacial score (nSPS) is 15.3. The van der Waals surface area contributed by atoms with E-state index in [-0.39, 0.29) is 21.6 Å². The summed E-state index contributed by atoms with van der Waals surface area (Å²) >= 11 is 0. The molecule has 2 N–H and O–H groups in total. The molecule has 0 spiro atoms. The number of rotatable bonds is 10. The predicted molar refractivity (Wildman–Crippen MR) is 157 cm³/mol. The zero-order chi connectivity index (χ0) is 27.5. The van der Waals surface area contributed by atoms with Gasteiger partial charge in [0.1, 0.15) is 5.75 Å². The van der Waals surface area contributed by atoms with Gasteiger partial charge in [0, 0.05) is 12.1 Å². The van der Waals surface area contributed by atoms with E-state index in [1.54, 1.807) is 0 Å². The number of ether oxygens (including phenoxy) is 1. The Morgan fingerprint density at radius 2 is 1.06 bits per heavy atom. The highest BCUT2D eigenvalue weighted by Gasteiger charge is 2.23. The van der Waals surface area contributed by atoms with E-state index in [1.165, 1.54) is 11.1 Å². The van der Waals surface area contributed by atoms with Crippen molar-refractivity contribution in [1.82, 2.24) is 9.44 Å². The van der Waals surface area contributed by atoms with Crippen molar-refractivity contribution in [3.63, 3.8) is 0 Å². The minimum atomic E-state index is -1.06. The molecular formula is C29H48N2O3S2. The SMILES string of the molecule is CCOc1ccc(C(CC)NS(=O)C(C)(C)C)cc1.CC[C@H](NS(=O)C(C)(C)C)c1ccc(C)cc1. The van der Waals surface area contributed by atoms with Gasteiger partial charge < -0.3 is 4.74 Å². The standard InChI is InChI=1S/C15H25NO2S.C14H23NOS/c1-6-14(16-19(17)15(3,4)5)12-8-10-13(11-9-12)18-7-2;1-6-13(15-17(16)14(3,4)5)12-9-7-11(2)8-10-12/h8-11,14,16H,6-7H2,1-5H3;7-10,13,15H,6H2,1-5H3/t;13-,17?/m.0/s1. The van der Waals surface area contributed by atoms with Crippen molar-refractivity contribution in [1.29, 1.82) is 0 Å². The highest BCUT2D eigenvalue weighted by Crippen LogP contribution is 2.23. The summed E-state index contributed by atoms with van der Waals surface area (Å²) in [6.45, 7) is 20.8. The summed E-state index contributed by atoms with van der Waals surface area (Å²) in [4.78, 5) is 0. The van der Waals surface area contributed by atoms with E-state index in [0.717, 1.165) is 24.2 Å². The van der Waals surface area contributed by atoms with Crippen LogP contribution in [0.1, 0.15) is 104 Å². The van der Waals surface area contributed by atoms with Crippen LogP contribution in [0.25, 0.3) is 0 Å². The van der Waals surface area contributed by atoms with Crippen LogP contribution >= 0.6 is 0 Å². The Hall–Kier alpha value is -1.54. The van der Waals surface area contributed by atoms with Gasteiger partial charge in [-0.1, -0.05) is 55.8 Å². The lowest BCUT2D eigenvalue weighted by Gasteiger charge is -2.24. The molecule has 0 fully saturated rings. The molecule has 0 aliphatic carbocycles. The molecule has 2 aromatic rings. The van der Waals surface area contributed by atoms with E-state index >= 15 is 0 Å². The molecule has 3 unspecified atom stereocenters. The molecule has 0 saturated carbocycles. The Balaban J connectivity index is 0.000000362. The zero-order valence-corrected chi connectivity index (χ0v) is 25.6.